The van der Waals surface area contributed by atoms with Gasteiger partial charge in [0.05, 0.1) is 6.54 Å². The quantitative estimate of drug-likeness (QED) is 0.844. The molecule has 0 bridgehead atoms. The van der Waals surface area contributed by atoms with Gasteiger partial charge in [-0.2, -0.15) is 0 Å². The van der Waals surface area contributed by atoms with E-state index in [1.165, 1.54) is 5.56 Å². The Balaban J connectivity index is 1.87. The highest BCUT2D eigenvalue weighted by atomic mass is 79.9. The van der Waals surface area contributed by atoms with Crippen LogP contribution in [0.3, 0.4) is 0 Å². The summed E-state index contributed by atoms with van der Waals surface area (Å²) < 4.78 is 1.09. The molecule has 2 rings (SSSR count). The van der Waals surface area contributed by atoms with Crippen molar-refractivity contribution >= 4 is 27.6 Å². The first-order chi connectivity index (χ1) is 9.40. The van der Waals surface area contributed by atoms with E-state index in [-0.39, 0.29) is 23.8 Å². The Morgan fingerprint density at radius 3 is 2.65 bits per heavy atom. The second-order valence-electron chi connectivity index (χ2n) is 5.95. The topological polar surface area (TPSA) is 37.4 Å². The van der Waals surface area contributed by atoms with Crippen molar-refractivity contribution in [3.63, 3.8) is 0 Å². The molecule has 1 fully saturated rings. The Kier molecular flexibility index (Phi) is 4.63. The lowest BCUT2D eigenvalue weighted by Gasteiger charge is -2.30. The van der Waals surface area contributed by atoms with Gasteiger partial charge in [0.15, 0.2) is 5.78 Å². The largest absolute Gasteiger partial charge is 0.330 e. The summed E-state index contributed by atoms with van der Waals surface area (Å²) >= 11 is 3.52. The van der Waals surface area contributed by atoms with Crippen LogP contribution in [0.5, 0.6) is 0 Å². The SMILES string of the molecule is CC1(C)CC(=O)CN1C(=O)CCCc1ccccc1Br. The van der Waals surface area contributed by atoms with Crippen molar-refractivity contribution in [2.45, 2.75) is 45.1 Å². The van der Waals surface area contributed by atoms with E-state index < -0.39 is 0 Å². The predicted octanol–water partition coefficient (Wildman–Crippen LogP) is 3.35. The summed E-state index contributed by atoms with van der Waals surface area (Å²) in [6, 6.07) is 8.07. The van der Waals surface area contributed by atoms with E-state index in [9.17, 15) is 9.59 Å². The maximum Gasteiger partial charge on any atom is 0.223 e. The van der Waals surface area contributed by atoms with Gasteiger partial charge in [-0.3, -0.25) is 9.59 Å². The molecule has 0 aliphatic carbocycles. The molecule has 1 saturated heterocycles. The van der Waals surface area contributed by atoms with Crippen LogP contribution in [0.4, 0.5) is 0 Å². The number of benzene rings is 1. The highest BCUT2D eigenvalue weighted by Crippen LogP contribution is 2.27. The van der Waals surface area contributed by atoms with Crippen LogP contribution in [0.15, 0.2) is 28.7 Å². The number of nitrogens with zero attached hydrogens (tertiary/aromatic N) is 1. The predicted molar refractivity (Wildman–Crippen MR) is 82.5 cm³/mol. The Bertz CT molecular complexity index is 525. The van der Waals surface area contributed by atoms with E-state index >= 15 is 0 Å². The van der Waals surface area contributed by atoms with Crippen LogP contribution in [-0.4, -0.2) is 28.7 Å². The van der Waals surface area contributed by atoms with Crippen LogP contribution in [0.2, 0.25) is 0 Å². The number of rotatable bonds is 4. The number of amides is 1. The van der Waals surface area contributed by atoms with Gasteiger partial charge in [0.25, 0.3) is 0 Å². The fraction of sp³-hybridized carbons (Fsp3) is 0.500. The van der Waals surface area contributed by atoms with Crippen LogP contribution >= 0.6 is 15.9 Å². The first-order valence-electron chi connectivity index (χ1n) is 6.96. The zero-order chi connectivity index (χ0) is 14.8. The number of carbonyl (C=O) groups is 2. The fourth-order valence-electron chi connectivity index (χ4n) is 2.72. The molecule has 108 valence electrons. The first-order valence-corrected chi connectivity index (χ1v) is 7.75. The second kappa shape index (κ2) is 6.08. The van der Waals surface area contributed by atoms with E-state index in [2.05, 4.69) is 22.0 Å². The zero-order valence-electron chi connectivity index (χ0n) is 12.0. The monoisotopic (exact) mass is 337 g/mol. The van der Waals surface area contributed by atoms with E-state index in [4.69, 9.17) is 0 Å². The van der Waals surface area contributed by atoms with Crippen LogP contribution in [0.1, 0.15) is 38.7 Å². The molecule has 0 aromatic heterocycles. The number of hydrogen-bond donors (Lipinski definition) is 0. The average molecular weight is 338 g/mol. The van der Waals surface area contributed by atoms with Crippen molar-refractivity contribution in [3.8, 4) is 0 Å². The molecule has 3 nitrogen and oxygen atoms in total. The molecule has 0 saturated carbocycles. The van der Waals surface area contributed by atoms with Crippen LogP contribution in [0.25, 0.3) is 0 Å². The normalized spacial score (nSPS) is 17.6. The maximum absolute atomic E-state index is 12.2. The number of halogens is 1. The van der Waals surface area contributed by atoms with Gasteiger partial charge in [0.2, 0.25) is 5.91 Å². The molecule has 1 aromatic carbocycles. The highest BCUT2D eigenvalue weighted by Gasteiger charge is 2.39. The molecule has 1 aromatic rings. The van der Waals surface area contributed by atoms with E-state index in [1.807, 2.05) is 32.0 Å². The highest BCUT2D eigenvalue weighted by molar-refractivity contribution is 9.10. The number of likely N-dealkylation sites (tertiary alicyclic amines) is 1. The number of aryl methyl sites for hydroxylation is 1. The lowest BCUT2D eigenvalue weighted by molar-refractivity contribution is -0.135. The molecule has 0 N–H and O–H groups in total. The summed E-state index contributed by atoms with van der Waals surface area (Å²) in [4.78, 5) is 25.5. The van der Waals surface area contributed by atoms with Crippen molar-refractivity contribution in [1.82, 2.24) is 4.90 Å². The first kappa shape index (κ1) is 15.2. The van der Waals surface area contributed by atoms with Crippen molar-refractivity contribution in [2.24, 2.45) is 0 Å². The van der Waals surface area contributed by atoms with E-state index in [0.717, 1.165) is 17.3 Å². The Morgan fingerprint density at radius 2 is 2.05 bits per heavy atom. The molecular weight excluding hydrogens is 318 g/mol. The molecule has 0 unspecified atom stereocenters. The van der Waals surface area contributed by atoms with Crippen molar-refractivity contribution in [3.05, 3.63) is 34.3 Å². The Morgan fingerprint density at radius 1 is 1.35 bits per heavy atom. The third-order valence-electron chi connectivity index (χ3n) is 3.79. The van der Waals surface area contributed by atoms with Gasteiger partial charge < -0.3 is 4.90 Å². The second-order valence-corrected chi connectivity index (χ2v) is 6.81. The molecule has 0 atom stereocenters. The van der Waals surface area contributed by atoms with Crippen LogP contribution in [0, 0.1) is 0 Å². The molecule has 0 spiro atoms. The molecule has 1 aliphatic heterocycles. The number of ketones is 1. The van der Waals surface area contributed by atoms with E-state index in [0.29, 0.717) is 12.8 Å². The fourth-order valence-corrected chi connectivity index (χ4v) is 3.20. The third kappa shape index (κ3) is 3.48. The smallest absolute Gasteiger partial charge is 0.223 e. The molecule has 1 aliphatic rings. The maximum atomic E-state index is 12.2. The average Bonchev–Trinajstić information content (AvgIpc) is 2.65. The van der Waals surface area contributed by atoms with Gasteiger partial charge in [-0.15, -0.1) is 0 Å². The molecule has 20 heavy (non-hydrogen) atoms. The van der Waals surface area contributed by atoms with Crippen molar-refractivity contribution in [2.75, 3.05) is 6.54 Å². The molecule has 4 heteroatoms. The van der Waals surface area contributed by atoms with Crippen LogP contribution < -0.4 is 0 Å². The lowest BCUT2D eigenvalue weighted by atomic mass is 10.0. The Hall–Kier alpha value is -1.16. The van der Waals surface area contributed by atoms with Gasteiger partial charge in [-0.05, 0) is 38.3 Å². The standard InChI is InChI=1S/C16H20BrNO2/c1-16(2)10-13(19)11-18(16)15(20)9-5-7-12-6-3-4-8-14(12)17/h3-4,6,8H,5,7,9-11H2,1-2H3. The lowest BCUT2D eigenvalue weighted by Crippen LogP contribution is -2.42. The number of hydrogen-bond acceptors (Lipinski definition) is 2. The minimum Gasteiger partial charge on any atom is -0.330 e. The summed E-state index contributed by atoms with van der Waals surface area (Å²) in [7, 11) is 0. The molecule has 0 radical (unpaired) electrons. The van der Waals surface area contributed by atoms with Gasteiger partial charge in [-0.25, -0.2) is 0 Å². The Labute approximate surface area is 128 Å². The van der Waals surface area contributed by atoms with Gasteiger partial charge in [0.1, 0.15) is 0 Å². The van der Waals surface area contributed by atoms with E-state index in [1.54, 1.807) is 4.90 Å². The minimum absolute atomic E-state index is 0.0907. The summed E-state index contributed by atoms with van der Waals surface area (Å²) in [5, 5.41) is 0. The number of Topliss-reactive ketones (excluding diaryl/α,β-unsaturated/α-hetero) is 1. The zero-order valence-corrected chi connectivity index (χ0v) is 13.6. The summed E-state index contributed by atoms with van der Waals surface area (Å²) in [5.41, 5.74) is 0.902. The van der Waals surface area contributed by atoms with Crippen LogP contribution in [-0.2, 0) is 16.0 Å². The minimum atomic E-state index is -0.318. The molecular formula is C16H20BrNO2. The molecule has 1 heterocycles. The summed E-state index contributed by atoms with van der Waals surface area (Å²) in [6.45, 7) is 4.20. The third-order valence-corrected chi connectivity index (χ3v) is 4.56. The summed E-state index contributed by atoms with van der Waals surface area (Å²) in [6.07, 6.45) is 2.65. The van der Waals surface area contributed by atoms with Crippen molar-refractivity contribution in [1.29, 1.82) is 0 Å². The van der Waals surface area contributed by atoms with Gasteiger partial charge >= 0.3 is 0 Å². The van der Waals surface area contributed by atoms with Gasteiger partial charge in [-0.1, -0.05) is 34.1 Å². The van der Waals surface area contributed by atoms with Gasteiger partial charge in [0, 0.05) is 22.9 Å². The number of carbonyl (C=O) groups excluding carboxylic acids is 2. The van der Waals surface area contributed by atoms with Crippen molar-refractivity contribution < 1.29 is 9.59 Å². The summed E-state index contributed by atoms with van der Waals surface area (Å²) in [5.74, 6) is 0.252. The molecule has 1 amide bonds.